The van der Waals surface area contributed by atoms with Crippen molar-refractivity contribution in [3.8, 4) is 0 Å². The molecule has 1 unspecified atom stereocenters. The van der Waals surface area contributed by atoms with Gasteiger partial charge in [0.05, 0.1) is 6.10 Å². The number of hydrogen-bond acceptors (Lipinski definition) is 5. The van der Waals surface area contributed by atoms with Gasteiger partial charge in [-0.25, -0.2) is 9.98 Å². The van der Waals surface area contributed by atoms with Gasteiger partial charge in [0.25, 0.3) is 0 Å². The van der Waals surface area contributed by atoms with Crippen molar-refractivity contribution in [1.82, 2.24) is 19.8 Å². The van der Waals surface area contributed by atoms with Gasteiger partial charge in [-0.1, -0.05) is 37.3 Å². The third kappa shape index (κ3) is 3.27. The lowest BCUT2D eigenvalue weighted by atomic mass is 10.2. The fourth-order valence-electron chi connectivity index (χ4n) is 3.89. The van der Waals surface area contributed by atoms with Crippen LogP contribution in [0.1, 0.15) is 37.6 Å². The van der Waals surface area contributed by atoms with Crippen LogP contribution in [0.15, 0.2) is 35.3 Å². The first-order valence-corrected chi connectivity index (χ1v) is 9.51. The van der Waals surface area contributed by atoms with Gasteiger partial charge >= 0.3 is 0 Å². The van der Waals surface area contributed by atoms with Crippen LogP contribution in [0.4, 0.5) is 0 Å². The number of fused-ring (bicyclic) bond motifs is 1. The zero-order valence-electron chi connectivity index (χ0n) is 15.5. The summed E-state index contributed by atoms with van der Waals surface area (Å²) in [6.07, 6.45) is 5.47. The third-order valence-electron chi connectivity index (χ3n) is 5.37. The summed E-state index contributed by atoms with van der Waals surface area (Å²) in [5.74, 6) is 1.05. The van der Waals surface area contributed by atoms with Crippen LogP contribution in [0.5, 0.6) is 0 Å². The minimum Gasteiger partial charge on any atom is -0.392 e. The number of benzene rings is 1. The summed E-state index contributed by atoms with van der Waals surface area (Å²) >= 11 is 0. The van der Waals surface area contributed by atoms with Crippen LogP contribution < -0.4 is 16.2 Å². The van der Waals surface area contributed by atoms with E-state index in [0.29, 0.717) is 0 Å². The van der Waals surface area contributed by atoms with Crippen LogP contribution in [-0.2, 0) is 13.0 Å². The number of nitrogens with zero attached hydrogens (tertiary/aromatic N) is 4. The predicted octanol–water partition coefficient (Wildman–Crippen LogP) is 0.583. The van der Waals surface area contributed by atoms with Crippen molar-refractivity contribution in [2.75, 3.05) is 7.05 Å². The molecule has 0 amide bonds. The third-order valence-corrected chi connectivity index (χ3v) is 5.37. The molecule has 1 aromatic carbocycles. The molecule has 26 heavy (non-hydrogen) atoms. The Labute approximate surface area is 153 Å². The fraction of sp³-hybridized carbons (Fsp3) is 0.500. The van der Waals surface area contributed by atoms with Crippen molar-refractivity contribution in [2.45, 2.75) is 57.6 Å². The molecule has 138 valence electrons. The summed E-state index contributed by atoms with van der Waals surface area (Å²) < 4.78 is 2.26. The number of nitrogens with one attached hydrogen (secondary N) is 1. The van der Waals surface area contributed by atoms with Crippen molar-refractivity contribution < 1.29 is 5.11 Å². The SMILES string of the molecule is CCc1nc2c(n1Cc1ccccc1)=CN(C)C(N[C@@H]1CCC[C@H]1O)N=2. The molecule has 1 aliphatic heterocycles. The van der Waals surface area contributed by atoms with Gasteiger partial charge in [0.15, 0.2) is 11.8 Å². The van der Waals surface area contributed by atoms with E-state index in [4.69, 9.17) is 9.98 Å². The Bertz CT molecular complexity index is 876. The summed E-state index contributed by atoms with van der Waals surface area (Å²) in [5, 5.41) is 14.6. The standard InChI is InChI=1S/C20H27N5O/c1-3-18-22-19-16(25(18)12-14-8-5-4-6-9-14)13-24(2)20(23-19)21-15-10-7-11-17(15)26/h4-6,8-9,13,15,17,20-21,26H,3,7,10-12H2,1-2H3/t15-,17-,20?/m1/s1. The summed E-state index contributed by atoms with van der Waals surface area (Å²) in [6.45, 7) is 2.93. The Balaban J connectivity index is 1.66. The minimum atomic E-state index is -0.276. The lowest BCUT2D eigenvalue weighted by Gasteiger charge is -2.29. The van der Waals surface area contributed by atoms with Gasteiger partial charge < -0.3 is 14.6 Å². The van der Waals surface area contributed by atoms with E-state index in [2.05, 4.69) is 52.2 Å². The van der Waals surface area contributed by atoms with E-state index in [1.54, 1.807) is 0 Å². The summed E-state index contributed by atoms with van der Waals surface area (Å²) in [7, 11) is 2.02. The minimum absolute atomic E-state index is 0.109. The highest BCUT2D eigenvalue weighted by atomic mass is 16.3. The molecule has 4 rings (SSSR count). The number of aliphatic hydroxyl groups excluding tert-OH is 1. The number of hydrogen-bond donors (Lipinski definition) is 2. The Hall–Kier alpha value is -2.18. The highest BCUT2D eigenvalue weighted by Crippen LogP contribution is 2.20. The van der Waals surface area contributed by atoms with E-state index < -0.39 is 0 Å². The number of imidazole rings is 1. The van der Waals surface area contributed by atoms with Crippen LogP contribution in [0.25, 0.3) is 6.20 Å². The smallest absolute Gasteiger partial charge is 0.178 e. The largest absolute Gasteiger partial charge is 0.392 e. The Morgan fingerprint density at radius 3 is 2.73 bits per heavy atom. The van der Waals surface area contributed by atoms with Crippen LogP contribution in [0, 0.1) is 0 Å². The molecule has 1 aliphatic carbocycles. The summed E-state index contributed by atoms with van der Waals surface area (Å²) in [5.41, 5.74) is 2.05. The van der Waals surface area contributed by atoms with Gasteiger partial charge in [0, 0.05) is 32.3 Å². The monoisotopic (exact) mass is 353 g/mol. The van der Waals surface area contributed by atoms with Crippen LogP contribution in [-0.4, -0.2) is 45.0 Å². The van der Waals surface area contributed by atoms with E-state index in [0.717, 1.165) is 48.9 Å². The van der Waals surface area contributed by atoms with Crippen LogP contribution in [0.3, 0.4) is 0 Å². The van der Waals surface area contributed by atoms with Crippen molar-refractivity contribution in [1.29, 1.82) is 0 Å². The first-order valence-electron chi connectivity index (χ1n) is 9.51. The van der Waals surface area contributed by atoms with E-state index >= 15 is 0 Å². The molecule has 1 saturated carbocycles. The maximum absolute atomic E-state index is 10.1. The number of aromatic nitrogens is 2. The van der Waals surface area contributed by atoms with Crippen molar-refractivity contribution in [3.05, 3.63) is 52.6 Å². The summed E-state index contributed by atoms with van der Waals surface area (Å²) in [6, 6.07) is 10.6. The maximum Gasteiger partial charge on any atom is 0.178 e. The molecule has 1 aromatic heterocycles. The van der Waals surface area contributed by atoms with E-state index in [-0.39, 0.29) is 18.4 Å². The molecule has 6 nitrogen and oxygen atoms in total. The van der Waals surface area contributed by atoms with Crippen molar-refractivity contribution in [3.63, 3.8) is 0 Å². The zero-order valence-corrected chi connectivity index (χ0v) is 15.5. The highest BCUT2D eigenvalue weighted by Gasteiger charge is 2.29. The average Bonchev–Trinajstić information content (AvgIpc) is 3.20. The normalized spacial score (nSPS) is 24.9. The van der Waals surface area contributed by atoms with Crippen LogP contribution >= 0.6 is 0 Å². The predicted molar refractivity (Wildman–Crippen MR) is 101 cm³/mol. The van der Waals surface area contributed by atoms with Gasteiger partial charge in [-0.2, -0.15) is 0 Å². The van der Waals surface area contributed by atoms with E-state index in [1.807, 2.05) is 13.1 Å². The molecule has 0 radical (unpaired) electrons. The van der Waals surface area contributed by atoms with Gasteiger partial charge in [0.1, 0.15) is 11.2 Å². The molecule has 0 bridgehead atoms. The topological polar surface area (TPSA) is 65.7 Å². The highest BCUT2D eigenvalue weighted by molar-refractivity contribution is 5.23. The molecule has 2 N–H and O–H groups in total. The number of rotatable bonds is 5. The first-order chi connectivity index (χ1) is 12.7. The fourth-order valence-corrected chi connectivity index (χ4v) is 3.89. The van der Waals surface area contributed by atoms with E-state index in [9.17, 15) is 5.11 Å². The quantitative estimate of drug-likeness (QED) is 0.825. The van der Waals surface area contributed by atoms with Gasteiger partial charge in [-0.05, 0) is 24.8 Å². The molecule has 0 spiro atoms. The Morgan fingerprint density at radius 1 is 1.23 bits per heavy atom. The zero-order chi connectivity index (χ0) is 18.1. The van der Waals surface area contributed by atoms with Crippen LogP contribution in [0.2, 0.25) is 0 Å². The van der Waals surface area contributed by atoms with Gasteiger partial charge in [0.2, 0.25) is 0 Å². The molecule has 2 aromatic rings. The number of aryl methyl sites for hydroxylation is 1. The number of aliphatic hydroxyl groups is 1. The molecular weight excluding hydrogens is 326 g/mol. The Morgan fingerprint density at radius 2 is 2.04 bits per heavy atom. The molecular formula is C20H27N5O. The van der Waals surface area contributed by atoms with Crippen molar-refractivity contribution in [2.24, 2.45) is 4.99 Å². The lowest BCUT2D eigenvalue weighted by molar-refractivity contribution is 0.128. The molecule has 2 heterocycles. The van der Waals surface area contributed by atoms with Crippen molar-refractivity contribution >= 4 is 6.20 Å². The lowest BCUT2D eigenvalue weighted by Crippen LogP contribution is -2.53. The van der Waals surface area contributed by atoms with Gasteiger partial charge in [-0.3, -0.25) is 5.32 Å². The maximum atomic E-state index is 10.1. The second-order valence-electron chi connectivity index (χ2n) is 7.23. The van der Waals surface area contributed by atoms with E-state index in [1.165, 1.54) is 5.56 Å². The second-order valence-corrected chi connectivity index (χ2v) is 7.23. The molecule has 1 fully saturated rings. The van der Waals surface area contributed by atoms with Gasteiger partial charge in [-0.15, -0.1) is 0 Å². The molecule has 0 saturated heterocycles. The molecule has 6 heteroatoms. The molecule has 3 atom stereocenters. The summed E-state index contributed by atoms with van der Waals surface area (Å²) in [4.78, 5) is 11.7. The average molecular weight is 353 g/mol. The second kappa shape index (κ2) is 7.21. The Kier molecular flexibility index (Phi) is 4.78. The molecule has 2 aliphatic rings. The first kappa shape index (κ1) is 17.2.